The third-order valence-electron chi connectivity index (χ3n) is 5.11. The summed E-state index contributed by atoms with van der Waals surface area (Å²) in [5, 5.41) is 2.60. The fraction of sp³-hybridized carbons (Fsp3) is 0.200. The molecule has 7 heteroatoms. The average Bonchev–Trinajstić information content (AvgIpc) is 3.11. The van der Waals surface area contributed by atoms with Crippen LogP contribution >= 0.6 is 11.8 Å². The van der Waals surface area contributed by atoms with E-state index in [-0.39, 0.29) is 5.91 Å². The lowest BCUT2D eigenvalue weighted by atomic mass is 10.0. The first kappa shape index (κ1) is 21.9. The van der Waals surface area contributed by atoms with E-state index in [0.717, 1.165) is 27.8 Å². The van der Waals surface area contributed by atoms with Crippen LogP contribution in [0.15, 0.2) is 70.6 Å². The zero-order chi connectivity index (χ0) is 22.5. The number of carbonyl (C=O) groups is 1. The number of benzene rings is 3. The Hall–Kier alpha value is -3.29. The number of rotatable bonds is 7. The van der Waals surface area contributed by atoms with E-state index in [1.807, 2.05) is 66.7 Å². The van der Waals surface area contributed by atoms with Gasteiger partial charge in [0.25, 0.3) is 5.91 Å². The van der Waals surface area contributed by atoms with E-state index in [2.05, 4.69) is 0 Å². The number of ether oxygens (including phenoxy) is 3. The molecule has 0 N–H and O–H groups in total. The predicted molar refractivity (Wildman–Crippen MR) is 130 cm³/mol. The molecule has 6 nitrogen and oxygen atoms in total. The van der Waals surface area contributed by atoms with Gasteiger partial charge in [-0.05, 0) is 58.9 Å². The Kier molecular flexibility index (Phi) is 6.78. The number of amidine groups is 1. The number of nitrogens with zero attached hydrogens (tertiary/aromatic N) is 2. The smallest absolute Gasteiger partial charge is 0.266 e. The number of carbonyl (C=O) groups excluding carboxylic acids is 1. The highest BCUT2D eigenvalue weighted by Gasteiger charge is 2.33. The molecular weight excluding hydrogens is 424 g/mol. The number of amides is 1. The van der Waals surface area contributed by atoms with E-state index in [4.69, 9.17) is 19.2 Å². The van der Waals surface area contributed by atoms with Crippen molar-refractivity contribution in [2.24, 2.45) is 4.99 Å². The molecule has 0 aromatic heterocycles. The Morgan fingerprint density at radius 3 is 2.50 bits per heavy atom. The number of aliphatic imine (C=N–C) groups is 1. The van der Waals surface area contributed by atoms with E-state index in [0.29, 0.717) is 29.0 Å². The third kappa shape index (κ3) is 4.49. The fourth-order valence-electron chi connectivity index (χ4n) is 3.47. The molecule has 0 atom stereocenters. The standard InChI is InChI=1S/C25H24N2O4S/c1-29-14-13-27-24(28)23(32-25(27)26-18-7-5-4-6-8-18)16-21-20-15-19(30-2)11-9-17(20)10-12-22(21)31-3/h4-12,15-16H,13-14H2,1-3H3/b23-16+,26-25?. The fourth-order valence-corrected chi connectivity index (χ4v) is 4.48. The van der Waals surface area contributed by atoms with Crippen LogP contribution < -0.4 is 9.47 Å². The van der Waals surface area contributed by atoms with Crippen molar-refractivity contribution >= 4 is 45.4 Å². The molecule has 1 amide bonds. The molecule has 0 spiro atoms. The van der Waals surface area contributed by atoms with Gasteiger partial charge in [-0.15, -0.1) is 0 Å². The van der Waals surface area contributed by atoms with Gasteiger partial charge < -0.3 is 14.2 Å². The molecule has 4 rings (SSSR count). The highest BCUT2D eigenvalue weighted by Crippen LogP contribution is 2.38. The maximum Gasteiger partial charge on any atom is 0.266 e. The summed E-state index contributed by atoms with van der Waals surface area (Å²) < 4.78 is 16.2. The first-order valence-electron chi connectivity index (χ1n) is 10.1. The van der Waals surface area contributed by atoms with Gasteiger partial charge in [-0.1, -0.05) is 30.3 Å². The quantitative estimate of drug-likeness (QED) is 0.470. The molecule has 0 radical (unpaired) electrons. The minimum Gasteiger partial charge on any atom is -0.497 e. The van der Waals surface area contributed by atoms with Crippen LogP contribution in [-0.4, -0.2) is 50.5 Å². The normalized spacial score (nSPS) is 16.3. The SMILES string of the molecule is COCCN1C(=O)/C(=C\c2c(OC)ccc3ccc(OC)cc23)SC1=Nc1ccccc1. The second kappa shape index (κ2) is 9.89. The lowest BCUT2D eigenvalue weighted by Gasteiger charge is -2.14. The van der Waals surface area contributed by atoms with Crippen molar-refractivity contribution in [3.05, 3.63) is 71.1 Å². The minimum absolute atomic E-state index is 0.108. The van der Waals surface area contributed by atoms with E-state index >= 15 is 0 Å². The summed E-state index contributed by atoms with van der Waals surface area (Å²) in [5.41, 5.74) is 1.62. The van der Waals surface area contributed by atoms with Crippen LogP contribution in [0, 0.1) is 0 Å². The van der Waals surface area contributed by atoms with Gasteiger partial charge in [0.1, 0.15) is 11.5 Å². The van der Waals surface area contributed by atoms with Gasteiger partial charge in [0.15, 0.2) is 5.17 Å². The highest BCUT2D eigenvalue weighted by atomic mass is 32.2. The molecular formula is C25H24N2O4S. The van der Waals surface area contributed by atoms with Crippen LogP contribution in [0.3, 0.4) is 0 Å². The zero-order valence-electron chi connectivity index (χ0n) is 18.2. The number of hydrogen-bond acceptors (Lipinski definition) is 6. The van der Waals surface area contributed by atoms with Crippen molar-refractivity contribution in [2.75, 3.05) is 34.5 Å². The van der Waals surface area contributed by atoms with E-state index in [1.54, 1.807) is 26.2 Å². The topological polar surface area (TPSA) is 60.4 Å². The molecule has 0 bridgehead atoms. The first-order valence-corrected chi connectivity index (χ1v) is 10.9. The Balaban J connectivity index is 1.80. The maximum absolute atomic E-state index is 13.3. The van der Waals surface area contributed by atoms with Crippen molar-refractivity contribution in [1.82, 2.24) is 4.90 Å². The minimum atomic E-state index is -0.108. The summed E-state index contributed by atoms with van der Waals surface area (Å²) in [4.78, 5) is 20.2. The van der Waals surface area contributed by atoms with Crippen LogP contribution in [0.5, 0.6) is 11.5 Å². The van der Waals surface area contributed by atoms with Crippen molar-refractivity contribution in [1.29, 1.82) is 0 Å². The summed E-state index contributed by atoms with van der Waals surface area (Å²) in [7, 11) is 4.88. The molecule has 0 saturated carbocycles. The third-order valence-corrected chi connectivity index (χ3v) is 6.12. The molecule has 0 unspecified atom stereocenters. The van der Waals surface area contributed by atoms with Crippen LogP contribution in [0.2, 0.25) is 0 Å². The molecule has 32 heavy (non-hydrogen) atoms. The number of fused-ring (bicyclic) bond motifs is 1. The molecule has 164 valence electrons. The van der Waals surface area contributed by atoms with Gasteiger partial charge in [0.05, 0.1) is 38.0 Å². The lowest BCUT2D eigenvalue weighted by Crippen LogP contribution is -2.32. The van der Waals surface area contributed by atoms with Crippen LogP contribution in [0.25, 0.3) is 16.8 Å². The molecule has 1 heterocycles. The summed E-state index contributed by atoms with van der Waals surface area (Å²) in [5.74, 6) is 1.32. The van der Waals surface area contributed by atoms with Gasteiger partial charge in [-0.2, -0.15) is 0 Å². The molecule has 1 aliphatic rings. The Labute approximate surface area is 191 Å². The summed E-state index contributed by atoms with van der Waals surface area (Å²) >= 11 is 1.35. The van der Waals surface area contributed by atoms with Crippen LogP contribution in [0.4, 0.5) is 5.69 Å². The Morgan fingerprint density at radius 1 is 1.00 bits per heavy atom. The Morgan fingerprint density at radius 2 is 1.78 bits per heavy atom. The molecule has 1 fully saturated rings. The molecule has 3 aromatic rings. The number of hydrogen-bond donors (Lipinski definition) is 0. The van der Waals surface area contributed by atoms with Crippen molar-refractivity contribution < 1.29 is 19.0 Å². The largest absolute Gasteiger partial charge is 0.497 e. The summed E-state index contributed by atoms with van der Waals surface area (Å²) in [6.45, 7) is 0.841. The first-order chi connectivity index (χ1) is 15.6. The molecule has 1 saturated heterocycles. The number of methoxy groups -OCH3 is 3. The Bertz CT molecular complexity index is 1190. The number of thioether (sulfide) groups is 1. The average molecular weight is 449 g/mol. The predicted octanol–water partition coefficient (Wildman–Crippen LogP) is 5.11. The van der Waals surface area contributed by atoms with Crippen LogP contribution in [-0.2, 0) is 9.53 Å². The van der Waals surface area contributed by atoms with Gasteiger partial charge >= 0.3 is 0 Å². The lowest BCUT2D eigenvalue weighted by molar-refractivity contribution is -0.122. The van der Waals surface area contributed by atoms with Gasteiger partial charge in [-0.25, -0.2) is 4.99 Å². The van der Waals surface area contributed by atoms with Crippen molar-refractivity contribution in [3.8, 4) is 11.5 Å². The van der Waals surface area contributed by atoms with E-state index in [1.165, 1.54) is 11.8 Å². The van der Waals surface area contributed by atoms with E-state index in [9.17, 15) is 4.79 Å². The molecule has 0 aliphatic carbocycles. The van der Waals surface area contributed by atoms with Gasteiger partial charge in [0, 0.05) is 12.7 Å². The zero-order valence-corrected chi connectivity index (χ0v) is 19.0. The second-order valence-electron chi connectivity index (χ2n) is 7.06. The highest BCUT2D eigenvalue weighted by molar-refractivity contribution is 8.18. The second-order valence-corrected chi connectivity index (χ2v) is 8.07. The number of para-hydroxylation sites is 1. The monoisotopic (exact) mass is 448 g/mol. The maximum atomic E-state index is 13.3. The van der Waals surface area contributed by atoms with Gasteiger partial charge in [-0.3, -0.25) is 9.69 Å². The summed E-state index contributed by atoms with van der Waals surface area (Å²) in [6, 6.07) is 19.4. The summed E-state index contributed by atoms with van der Waals surface area (Å²) in [6.07, 6.45) is 1.88. The van der Waals surface area contributed by atoms with Crippen molar-refractivity contribution in [2.45, 2.75) is 0 Å². The molecule has 3 aromatic carbocycles. The van der Waals surface area contributed by atoms with Crippen molar-refractivity contribution in [3.63, 3.8) is 0 Å². The molecule has 1 aliphatic heterocycles. The van der Waals surface area contributed by atoms with E-state index < -0.39 is 0 Å². The van der Waals surface area contributed by atoms with Crippen LogP contribution in [0.1, 0.15) is 5.56 Å². The van der Waals surface area contributed by atoms with Gasteiger partial charge in [0.2, 0.25) is 0 Å².